The van der Waals surface area contributed by atoms with E-state index in [1.54, 1.807) is 0 Å². The molecule has 110 valence electrons. The van der Waals surface area contributed by atoms with Gasteiger partial charge in [0.25, 0.3) is 5.91 Å². The Morgan fingerprint density at radius 1 is 1.40 bits per heavy atom. The smallest absolute Gasteiger partial charge is 0.258 e. The highest BCUT2D eigenvalue weighted by atomic mass is 32.1. The van der Waals surface area contributed by atoms with Gasteiger partial charge >= 0.3 is 0 Å². The summed E-state index contributed by atoms with van der Waals surface area (Å²) in [5, 5.41) is 3.95. The number of nitrogens with zero attached hydrogens (tertiary/aromatic N) is 2. The Morgan fingerprint density at radius 3 is 2.65 bits per heavy atom. The highest BCUT2D eigenvalue weighted by molar-refractivity contribution is 7.11. The third-order valence-corrected chi connectivity index (χ3v) is 5.17. The Kier molecular flexibility index (Phi) is 3.36. The molecule has 0 spiro atoms. The van der Waals surface area contributed by atoms with Crippen LogP contribution < -0.4 is 16.0 Å². The van der Waals surface area contributed by atoms with Crippen LogP contribution in [0.4, 0.5) is 10.8 Å². The highest BCUT2D eigenvalue weighted by Gasteiger charge is 2.32. The molecule has 0 atom stereocenters. The predicted molar refractivity (Wildman–Crippen MR) is 82.2 cm³/mol. The lowest BCUT2D eigenvalue weighted by Gasteiger charge is -2.37. The first-order valence-electron chi connectivity index (χ1n) is 7.27. The normalized spacial score (nSPS) is 21.8. The second kappa shape index (κ2) is 4.91. The first-order valence-corrected chi connectivity index (χ1v) is 8.04. The fourth-order valence-corrected chi connectivity index (χ4v) is 3.39. The molecule has 2 fully saturated rings. The number of carbonyl (C=O) groups excluding carboxylic acids is 1. The first kappa shape index (κ1) is 13.7. The van der Waals surface area contributed by atoms with Crippen molar-refractivity contribution in [1.29, 1.82) is 0 Å². The van der Waals surface area contributed by atoms with Crippen LogP contribution >= 0.6 is 11.5 Å². The van der Waals surface area contributed by atoms with E-state index in [0.717, 1.165) is 43.8 Å². The third kappa shape index (κ3) is 2.75. The number of aromatic nitrogens is 1. The maximum atomic E-state index is 12.3. The summed E-state index contributed by atoms with van der Waals surface area (Å²) in [7, 11) is 0. The maximum Gasteiger partial charge on any atom is 0.258 e. The van der Waals surface area contributed by atoms with Gasteiger partial charge in [0.2, 0.25) is 0 Å². The van der Waals surface area contributed by atoms with Crippen LogP contribution in [0, 0.1) is 5.41 Å². The minimum absolute atomic E-state index is 0.0569. The van der Waals surface area contributed by atoms with Crippen LogP contribution in [0.15, 0.2) is 0 Å². The van der Waals surface area contributed by atoms with Crippen molar-refractivity contribution in [3.05, 3.63) is 5.56 Å². The van der Waals surface area contributed by atoms with Crippen molar-refractivity contribution in [3.8, 4) is 0 Å². The molecule has 1 aliphatic carbocycles. The van der Waals surface area contributed by atoms with Crippen LogP contribution in [0.1, 0.15) is 49.9 Å². The van der Waals surface area contributed by atoms with Crippen molar-refractivity contribution in [2.45, 2.75) is 45.6 Å². The van der Waals surface area contributed by atoms with E-state index in [1.807, 2.05) is 0 Å². The average molecular weight is 294 g/mol. The van der Waals surface area contributed by atoms with Gasteiger partial charge in [0.1, 0.15) is 10.6 Å². The van der Waals surface area contributed by atoms with Gasteiger partial charge in [-0.3, -0.25) is 4.79 Å². The van der Waals surface area contributed by atoms with E-state index in [9.17, 15) is 4.79 Å². The second-order valence-corrected chi connectivity index (χ2v) is 7.40. The molecule has 3 N–H and O–H groups in total. The SMILES string of the molecule is CC1(C)CCN(c2snc(N)c2C(=O)NC2CC2)CC1. The zero-order valence-corrected chi connectivity index (χ0v) is 12.9. The lowest BCUT2D eigenvalue weighted by Crippen LogP contribution is -2.38. The van der Waals surface area contributed by atoms with Gasteiger partial charge in [-0.1, -0.05) is 13.8 Å². The fourth-order valence-electron chi connectivity index (χ4n) is 2.52. The monoisotopic (exact) mass is 294 g/mol. The summed E-state index contributed by atoms with van der Waals surface area (Å²) in [6.45, 7) is 6.54. The van der Waals surface area contributed by atoms with E-state index in [1.165, 1.54) is 11.5 Å². The molecule has 1 aliphatic heterocycles. The first-order chi connectivity index (χ1) is 9.46. The van der Waals surface area contributed by atoms with Crippen molar-refractivity contribution in [1.82, 2.24) is 9.69 Å². The highest BCUT2D eigenvalue weighted by Crippen LogP contribution is 2.37. The Bertz CT molecular complexity index is 511. The molecule has 2 aliphatic rings. The molecule has 20 heavy (non-hydrogen) atoms. The standard InChI is InChI=1S/C14H22N4OS/c1-14(2)5-7-18(8-6-14)13-10(11(15)17-20-13)12(19)16-9-3-4-9/h9H,3-8H2,1-2H3,(H2,15,17)(H,16,19). The molecule has 1 aromatic heterocycles. The summed E-state index contributed by atoms with van der Waals surface area (Å²) in [6.07, 6.45) is 4.43. The molecule has 0 aromatic carbocycles. The molecule has 5 nitrogen and oxygen atoms in total. The van der Waals surface area contributed by atoms with E-state index in [4.69, 9.17) is 5.73 Å². The molecule has 0 unspecified atom stereocenters. The van der Waals surface area contributed by atoms with Crippen LogP contribution in [0.5, 0.6) is 0 Å². The molecule has 6 heteroatoms. The van der Waals surface area contributed by atoms with Gasteiger partial charge in [0, 0.05) is 19.1 Å². The van der Waals surface area contributed by atoms with Crippen molar-refractivity contribution in [2.24, 2.45) is 5.41 Å². The molecular formula is C14H22N4OS. The van der Waals surface area contributed by atoms with Gasteiger partial charge in [0.05, 0.1) is 0 Å². The van der Waals surface area contributed by atoms with Crippen LogP contribution in [0.25, 0.3) is 0 Å². The van der Waals surface area contributed by atoms with Gasteiger partial charge in [-0.2, -0.15) is 4.37 Å². The van der Waals surface area contributed by atoms with E-state index in [-0.39, 0.29) is 5.91 Å². The molecule has 1 amide bonds. The number of rotatable bonds is 3. The van der Waals surface area contributed by atoms with Crippen molar-refractivity contribution < 1.29 is 4.79 Å². The number of anilines is 2. The molecular weight excluding hydrogens is 272 g/mol. The predicted octanol–water partition coefficient (Wildman–Crippen LogP) is 2.24. The second-order valence-electron chi connectivity index (χ2n) is 6.65. The van der Waals surface area contributed by atoms with E-state index in [0.29, 0.717) is 22.8 Å². The largest absolute Gasteiger partial charge is 0.382 e. The summed E-state index contributed by atoms with van der Waals surface area (Å²) in [4.78, 5) is 14.6. The molecule has 0 bridgehead atoms. The minimum atomic E-state index is -0.0569. The number of piperidine rings is 1. The molecule has 2 heterocycles. The van der Waals surface area contributed by atoms with Crippen molar-refractivity contribution >= 4 is 28.3 Å². The summed E-state index contributed by atoms with van der Waals surface area (Å²) in [5.74, 6) is 0.312. The zero-order valence-electron chi connectivity index (χ0n) is 12.1. The summed E-state index contributed by atoms with van der Waals surface area (Å²) in [6, 6.07) is 0.343. The van der Waals surface area contributed by atoms with Crippen LogP contribution in [0.3, 0.4) is 0 Å². The number of hydrogen-bond acceptors (Lipinski definition) is 5. The molecule has 1 saturated heterocycles. The fraction of sp³-hybridized carbons (Fsp3) is 0.714. The summed E-state index contributed by atoms with van der Waals surface area (Å²) in [5.41, 5.74) is 6.89. The van der Waals surface area contributed by atoms with Crippen LogP contribution in [-0.2, 0) is 0 Å². The Balaban J connectivity index is 1.78. The lowest BCUT2D eigenvalue weighted by molar-refractivity contribution is 0.0952. The summed E-state index contributed by atoms with van der Waals surface area (Å²) < 4.78 is 4.19. The topological polar surface area (TPSA) is 71.2 Å². The maximum absolute atomic E-state index is 12.3. The van der Waals surface area contributed by atoms with Gasteiger partial charge < -0.3 is 16.0 Å². The lowest BCUT2D eigenvalue weighted by atomic mass is 9.83. The Hall–Kier alpha value is -1.30. The number of amides is 1. The Morgan fingerprint density at radius 2 is 2.05 bits per heavy atom. The van der Waals surface area contributed by atoms with Gasteiger partial charge in [0.15, 0.2) is 5.82 Å². The van der Waals surface area contributed by atoms with Gasteiger partial charge in [-0.05, 0) is 42.6 Å². The number of nitrogens with two attached hydrogens (primary N) is 1. The quantitative estimate of drug-likeness (QED) is 0.897. The van der Waals surface area contributed by atoms with Crippen molar-refractivity contribution in [3.63, 3.8) is 0 Å². The number of carbonyl (C=O) groups is 1. The van der Waals surface area contributed by atoms with E-state index >= 15 is 0 Å². The van der Waals surface area contributed by atoms with E-state index in [2.05, 4.69) is 28.4 Å². The molecule has 0 radical (unpaired) electrons. The number of nitrogen functional groups attached to an aromatic ring is 1. The number of nitrogens with one attached hydrogen (secondary N) is 1. The molecule has 1 saturated carbocycles. The van der Waals surface area contributed by atoms with Gasteiger partial charge in [-0.15, -0.1) is 0 Å². The Labute approximate surface area is 123 Å². The molecule has 1 aromatic rings. The average Bonchev–Trinajstić information content (AvgIpc) is 3.10. The minimum Gasteiger partial charge on any atom is -0.382 e. The summed E-state index contributed by atoms with van der Waals surface area (Å²) >= 11 is 1.35. The zero-order chi connectivity index (χ0) is 14.3. The third-order valence-electron chi connectivity index (χ3n) is 4.24. The number of hydrogen-bond donors (Lipinski definition) is 2. The van der Waals surface area contributed by atoms with Crippen molar-refractivity contribution in [2.75, 3.05) is 23.7 Å². The molecule has 3 rings (SSSR count). The van der Waals surface area contributed by atoms with Gasteiger partial charge in [-0.25, -0.2) is 0 Å². The van der Waals surface area contributed by atoms with Crippen LogP contribution in [-0.4, -0.2) is 29.4 Å². The van der Waals surface area contributed by atoms with E-state index < -0.39 is 0 Å². The van der Waals surface area contributed by atoms with Crippen LogP contribution in [0.2, 0.25) is 0 Å².